The molecule has 0 spiro atoms. The Bertz CT molecular complexity index is 374. The number of nitrogen functional groups attached to an aromatic ring is 1. The number of para-hydroxylation sites is 1. The van der Waals surface area contributed by atoms with Crippen molar-refractivity contribution >= 4 is 11.6 Å². The van der Waals surface area contributed by atoms with Crippen LogP contribution in [0.1, 0.15) is 25.8 Å². The van der Waals surface area contributed by atoms with Crippen molar-refractivity contribution in [2.24, 2.45) is 5.92 Å². The molecule has 0 aromatic heterocycles. The Morgan fingerprint density at radius 3 is 2.59 bits per heavy atom. The van der Waals surface area contributed by atoms with Crippen molar-refractivity contribution in [1.82, 2.24) is 4.90 Å². The maximum Gasteiger partial charge on any atom is 0.226 e. The van der Waals surface area contributed by atoms with Crippen molar-refractivity contribution in [3.05, 3.63) is 29.8 Å². The van der Waals surface area contributed by atoms with E-state index in [1.165, 1.54) is 0 Å². The molecule has 0 radical (unpaired) electrons. The molecule has 0 bridgehead atoms. The number of anilines is 1. The van der Waals surface area contributed by atoms with Crippen LogP contribution >= 0.6 is 0 Å². The molecule has 1 aromatic carbocycles. The number of carbonyl (C=O) groups is 1. The van der Waals surface area contributed by atoms with E-state index in [1.54, 1.807) is 4.90 Å². The summed E-state index contributed by atoms with van der Waals surface area (Å²) in [5, 5.41) is 0. The second kappa shape index (κ2) is 6.28. The maximum absolute atomic E-state index is 11.9. The zero-order valence-corrected chi connectivity index (χ0v) is 10.9. The Labute approximate surface area is 104 Å². The minimum atomic E-state index is 0.128. The fourth-order valence-electron chi connectivity index (χ4n) is 1.57. The van der Waals surface area contributed by atoms with Gasteiger partial charge in [0, 0.05) is 19.3 Å². The number of hydrogen-bond donors (Lipinski definition) is 1. The molecule has 0 aliphatic heterocycles. The van der Waals surface area contributed by atoms with Crippen LogP contribution in [-0.2, 0) is 11.2 Å². The lowest BCUT2D eigenvalue weighted by atomic mass is 10.1. The monoisotopic (exact) mass is 234 g/mol. The summed E-state index contributed by atoms with van der Waals surface area (Å²) in [6, 6.07) is 7.53. The number of nitrogens with two attached hydrogens (primary N) is 1. The van der Waals surface area contributed by atoms with Crippen LogP contribution in [0.5, 0.6) is 0 Å². The van der Waals surface area contributed by atoms with Crippen LogP contribution in [0.4, 0.5) is 5.69 Å². The first-order chi connectivity index (χ1) is 8.00. The molecule has 3 nitrogen and oxygen atoms in total. The molecule has 0 saturated heterocycles. The topological polar surface area (TPSA) is 46.3 Å². The number of amides is 1. The lowest BCUT2D eigenvalue weighted by Crippen LogP contribution is -2.30. The van der Waals surface area contributed by atoms with Gasteiger partial charge in [-0.25, -0.2) is 0 Å². The number of carbonyl (C=O) groups excluding carboxylic acids is 1. The Morgan fingerprint density at radius 2 is 2.00 bits per heavy atom. The first kappa shape index (κ1) is 13.6. The zero-order valence-electron chi connectivity index (χ0n) is 10.9. The Kier molecular flexibility index (Phi) is 5.01. The number of rotatable bonds is 5. The fourth-order valence-corrected chi connectivity index (χ4v) is 1.57. The molecule has 0 aliphatic rings. The van der Waals surface area contributed by atoms with E-state index in [9.17, 15) is 4.79 Å². The normalized spacial score (nSPS) is 10.6. The highest BCUT2D eigenvalue weighted by Crippen LogP contribution is 2.12. The highest BCUT2D eigenvalue weighted by atomic mass is 16.2. The Hall–Kier alpha value is -1.51. The number of benzene rings is 1. The summed E-state index contributed by atoms with van der Waals surface area (Å²) in [6.07, 6.45) is 1.42. The van der Waals surface area contributed by atoms with Crippen molar-refractivity contribution in [2.75, 3.05) is 19.3 Å². The zero-order chi connectivity index (χ0) is 12.8. The van der Waals surface area contributed by atoms with Gasteiger partial charge in [-0.2, -0.15) is 0 Å². The summed E-state index contributed by atoms with van der Waals surface area (Å²) >= 11 is 0. The van der Waals surface area contributed by atoms with Crippen molar-refractivity contribution < 1.29 is 4.79 Å². The minimum Gasteiger partial charge on any atom is -0.398 e. The van der Waals surface area contributed by atoms with Gasteiger partial charge in [0.15, 0.2) is 0 Å². The van der Waals surface area contributed by atoms with Gasteiger partial charge in [-0.1, -0.05) is 32.0 Å². The van der Waals surface area contributed by atoms with Crippen LogP contribution in [0, 0.1) is 5.92 Å². The van der Waals surface area contributed by atoms with Crippen LogP contribution in [-0.4, -0.2) is 24.4 Å². The third-order valence-corrected chi connectivity index (χ3v) is 2.86. The highest BCUT2D eigenvalue weighted by Gasteiger charge is 2.11. The van der Waals surface area contributed by atoms with Gasteiger partial charge in [0.05, 0.1) is 6.42 Å². The lowest BCUT2D eigenvalue weighted by molar-refractivity contribution is -0.129. The van der Waals surface area contributed by atoms with Crippen molar-refractivity contribution in [2.45, 2.75) is 26.7 Å². The van der Waals surface area contributed by atoms with E-state index in [2.05, 4.69) is 13.8 Å². The van der Waals surface area contributed by atoms with Gasteiger partial charge >= 0.3 is 0 Å². The van der Waals surface area contributed by atoms with Crippen molar-refractivity contribution in [3.8, 4) is 0 Å². The van der Waals surface area contributed by atoms with Gasteiger partial charge in [-0.3, -0.25) is 4.79 Å². The smallest absolute Gasteiger partial charge is 0.226 e. The van der Waals surface area contributed by atoms with Gasteiger partial charge < -0.3 is 10.6 Å². The molecule has 0 heterocycles. The van der Waals surface area contributed by atoms with Crippen LogP contribution < -0.4 is 5.73 Å². The molecule has 0 aliphatic carbocycles. The molecule has 94 valence electrons. The number of nitrogens with zero attached hydrogens (tertiary/aromatic N) is 1. The summed E-state index contributed by atoms with van der Waals surface area (Å²) in [4.78, 5) is 13.7. The van der Waals surface area contributed by atoms with E-state index in [0.717, 1.165) is 18.5 Å². The molecule has 0 saturated carbocycles. The quantitative estimate of drug-likeness (QED) is 0.795. The Morgan fingerprint density at radius 1 is 1.35 bits per heavy atom. The first-order valence-electron chi connectivity index (χ1n) is 6.08. The van der Waals surface area contributed by atoms with Gasteiger partial charge in [-0.15, -0.1) is 0 Å². The van der Waals surface area contributed by atoms with Crippen molar-refractivity contribution in [3.63, 3.8) is 0 Å². The predicted octanol–water partition coefficient (Wildman–Crippen LogP) is 2.32. The van der Waals surface area contributed by atoms with E-state index >= 15 is 0 Å². The van der Waals surface area contributed by atoms with Gasteiger partial charge in [-0.05, 0) is 24.0 Å². The molecular formula is C14H22N2O. The van der Waals surface area contributed by atoms with Crippen LogP contribution in [0.25, 0.3) is 0 Å². The molecular weight excluding hydrogens is 212 g/mol. The van der Waals surface area contributed by atoms with Crippen LogP contribution in [0.3, 0.4) is 0 Å². The largest absolute Gasteiger partial charge is 0.398 e. The lowest BCUT2D eigenvalue weighted by Gasteiger charge is -2.18. The van der Waals surface area contributed by atoms with E-state index < -0.39 is 0 Å². The summed E-state index contributed by atoms with van der Waals surface area (Å²) in [5.74, 6) is 0.746. The molecule has 17 heavy (non-hydrogen) atoms. The van der Waals surface area contributed by atoms with Crippen LogP contribution in [0.15, 0.2) is 24.3 Å². The summed E-state index contributed by atoms with van der Waals surface area (Å²) in [5.41, 5.74) is 7.42. The van der Waals surface area contributed by atoms with Gasteiger partial charge in [0.1, 0.15) is 0 Å². The molecule has 2 N–H and O–H groups in total. The van der Waals surface area contributed by atoms with E-state index in [0.29, 0.717) is 18.0 Å². The standard InChI is InChI=1S/C14H22N2O/c1-11(2)8-9-16(3)14(17)10-12-6-4-5-7-13(12)15/h4-7,11H,8-10,15H2,1-3H3. The van der Waals surface area contributed by atoms with E-state index in [-0.39, 0.29) is 5.91 Å². The number of likely N-dealkylation sites (N-methyl/N-ethyl adjacent to an activating group) is 1. The number of hydrogen-bond acceptors (Lipinski definition) is 2. The third-order valence-electron chi connectivity index (χ3n) is 2.86. The molecule has 3 heteroatoms. The average molecular weight is 234 g/mol. The minimum absolute atomic E-state index is 0.128. The molecule has 0 atom stereocenters. The molecule has 0 fully saturated rings. The molecule has 1 rings (SSSR count). The molecule has 0 unspecified atom stereocenters. The van der Waals surface area contributed by atoms with Crippen molar-refractivity contribution in [1.29, 1.82) is 0 Å². The average Bonchev–Trinajstić information content (AvgIpc) is 2.28. The summed E-state index contributed by atoms with van der Waals surface area (Å²) in [6.45, 7) is 5.13. The summed E-state index contributed by atoms with van der Waals surface area (Å²) in [7, 11) is 1.85. The Balaban J connectivity index is 2.52. The van der Waals surface area contributed by atoms with Crippen LogP contribution in [0.2, 0.25) is 0 Å². The highest BCUT2D eigenvalue weighted by molar-refractivity contribution is 5.80. The molecule has 1 amide bonds. The SMILES string of the molecule is CC(C)CCN(C)C(=O)Cc1ccccc1N. The van der Waals surface area contributed by atoms with Gasteiger partial charge in [0.2, 0.25) is 5.91 Å². The fraction of sp³-hybridized carbons (Fsp3) is 0.500. The van der Waals surface area contributed by atoms with E-state index in [1.807, 2.05) is 31.3 Å². The second-order valence-corrected chi connectivity index (χ2v) is 4.87. The summed E-state index contributed by atoms with van der Waals surface area (Å²) < 4.78 is 0. The second-order valence-electron chi connectivity index (χ2n) is 4.87. The maximum atomic E-state index is 11.9. The third kappa shape index (κ3) is 4.47. The van der Waals surface area contributed by atoms with E-state index in [4.69, 9.17) is 5.73 Å². The first-order valence-corrected chi connectivity index (χ1v) is 6.08. The predicted molar refractivity (Wildman–Crippen MR) is 71.7 cm³/mol. The van der Waals surface area contributed by atoms with Gasteiger partial charge in [0.25, 0.3) is 0 Å². The molecule has 1 aromatic rings.